The number of furan rings is 1. The fourth-order valence-electron chi connectivity index (χ4n) is 2.63. The van der Waals surface area contributed by atoms with Crippen molar-refractivity contribution in [1.82, 2.24) is 9.55 Å². The minimum Gasteiger partial charge on any atom is -0.440 e. The molecule has 2 aromatic heterocycles. The maximum atomic E-state index is 12.9. The van der Waals surface area contributed by atoms with E-state index >= 15 is 0 Å². The lowest BCUT2D eigenvalue weighted by Crippen LogP contribution is -2.42. The number of nitrogen functional groups attached to an aromatic ring is 1. The second kappa shape index (κ2) is 8.92. The Hall–Kier alpha value is -2.52. The van der Waals surface area contributed by atoms with Crippen LogP contribution in [0.5, 0.6) is 0 Å². The predicted molar refractivity (Wildman–Crippen MR) is 102 cm³/mol. The van der Waals surface area contributed by atoms with Gasteiger partial charge in [-0.25, -0.2) is 4.79 Å². The van der Waals surface area contributed by atoms with Gasteiger partial charge in [0.2, 0.25) is 0 Å². The number of hydrogen-bond acceptors (Lipinski definition) is 6. The van der Waals surface area contributed by atoms with Crippen LogP contribution < -0.4 is 21.9 Å². The summed E-state index contributed by atoms with van der Waals surface area (Å²) in [6.07, 6.45) is 0.443. The number of nitrogens with one attached hydrogen (secondary N) is 1. The van der Waals surface area contributed by atoms with Crippen LogP contribution in [0.25, 0.3) is 0 Å². The van der Waals surface area contributed by atoms with Crippen LogP contribution in [0, 0.1) is 5.92 Å². The van der Waals surface area contributed by atoms with Gasteiger partial charge in [-0.2, -0.15) is 0 Å². The van der Waals surface area contributed by atoms with Gasteiger partial charge in [0, 0.05) is 26.8 Å². The van der Waals surface area contributed by atoms with Crippen molar-refractivity contribution in [3.63, 3.8) is 0 Å². The molecule has 2 aromatic rings. The van der Waals surface area contributed by atoms with Gasteiger partial charge in [0.25, 0.3) is 11.5 Å². The number of methoxy groups -OCH3 is 1. The largest absolute Gasteiger partial charge is 0.440 e. The van der Waals surface area contributed by atoms with Crippen molar-refractivity contribution < 1.29 is 13.9 Å². The van der Waals surface area contributed by atoms with Gasteiger partial charge in [-0.3, -0.25) is 24.0 Å². The molecule has 2 heterocycles. The molecule has 1 amide bonds. The quantitative estimate of drug-likeness (QED) is 0.652. The summed E-state index contributed by atoms with van der Waals surface area (Å²) >= 11 is 5.75. The smallest absolute Gasteiger partial charge is 0.330 e. The summed E-state index contributed by atoms with van der Waals surface area (Å²) in [5, 5.41) is 0.0434. The molecule has 0 atom stereocenters. The lowest BCUT2D eigenvalue weighted by molar-refractivity contribution is 0.0956. The fourth-order valence-corrected chi connectivity index (χ4v) is 2.77. The van der Waals surface area contributed by atoms with E-state index in [1.54, 1.807) is 0 Å². The Morgan fingerprint density at radius 3 is 2.67 bits per heavy atom. The summed E-state index contributed by atoms with van der Waals surface area (Å²) in [5.41, 5.74) is 4.64. The highest BCUT2D eigenvalue weighted by molar-refractivity contribution is 6.29. The number of nitrogens with zero attached hydrogens (tertiary/aromatic N) is 2. The molecule has 10 heteroatoms. The number of nitrogens with two attached hydrogens (primary N) is 1. The third kappa shape index (κ3) is 4.81. The SMILES string of the molecule is COCCCN(C(=O)c1ccc(Cl)o1)c1c(N)n(CC(C)C)c(=O)[nH]c1=O. The molecule has 0 radical (unpaired) electrons. The molecule has 0 saturated heterocycles. The first-order valence-electron chi connectivity index (χ1n) is 8.45. The number of ether oxygens (including phenoxy) is 1. The van der Waals surface area contributed by atoms with Crippen LogP contribution in [0.2, 0.25) is 5.22 Å². The molecule has 0 fully saturated rings. The number of H-pyrrole nitrogens is 1. The van der Waals surface area contributed by atoms with Gasteiger partial charge in [0.05, 0.1) is 0 Å². The molecule has 0 aromatic carbocycles. The summed E-state index contributed by atoms with van der Waals surface area (Å²) in [6, 6.07) is 2.83. The Bertz CT molecular complexity index is 915. The molecule has 2 rings (SSSR count). The minimum atomic E-state index is -0.749. The van der Waals surface area contributed by atoms with E-state index in [-0.39, 0.29) is 34.9 Å². The Balaban J connectivity index is 2.56. The number of carbonyl (C=O) groups excluding carboxylic acids is 1. The van der Waals surface area contributed by atoms with E-state index in [4.69, 9.17) is 26.5 Å². The molecule has 0 spiro atoms. The van der Waals surface area contributed by atoms with Gasteiger partial charge in [0.1, 0.15) is 5.82 Å². The highest BCUT2D eigenvalue weighted by atomic mass is 35.5. The van der Waals surface area contributed by atoms with E-state index in [2.05, 4.69) is 4.98 Å². The first-order chi connectivity index (χ1) is 12.8. The van der Waals surface area contributed by atoms with Gasteiger partial charge in [-0.05, 0) is 36.1 Å². The molecular weight excluding hydrogens is 376 g/mol. The van der Waals surface area contributed by atoms with Crippen molar-refractivity contribution >= 4 is 29.0 Å². The van der Waals surface area contributed by atoms with Gasteiger partial charge >= 0.3 is 5.69 Å². The highest BCUT2D eigenvalue weighted by Crippen LogP contribution is 2.22. The number of carbonyl (C=O) groups is 1. The van der Waals surface area contributed by atoms with Gasteiger partial charge in [-0.15, -0.1) is 0 Å². The molecule has 0 aliphatic carbocycles. The summed E-state index contributed by atoms with van der Waals surface area (Å²) in [6.45, 7) is 4.61. The molecule has 148 valence electrons. The average molecular weight is 399 g/mol. The standard InChI is InChI=1S/C17H23ClN4O5/c1-10(2)9-22-14(19)13(15(23)20-17(22)25)21(7-4-8-26-3)16(24)11-5-6-12(18)27-11/h5-6,10H,4,7-9,19H2,1-3H3,(H,20,23,25). The van der Waals surface area contributed by atoms with Crippen molar-refractivity contribution in [3.8, 4) is 0 Å². The van der Waals surface area contributed by atoms with E-state index in [0.29, 0.717) is 19.6 Å². The van der Waals surface area contributed by atoms with Crippen LogP contribution in [-0.2, 0) is 11.3 Å². The van der Waals surface area contributed by atoms with Crippen LogP contribution in [0.4, 0.5) is 11.5 Å². The van der Waals surface area contributed by atoms with Gasteiger partial charge in [-0.1, -0.05) is 13.8 Å². The van der Waals surface area contributed by atoms with E-state index in [1.165, 1.54) is 28.7 Å². The van der Waals surface area contributed by atoms with Crippen molar-refractivity contribution in [2.45, 2.75) is 26.8 Å². The Morgan fingerprint density at radius 1 is 1.41 bits per heavy atom. The summed E-state index contributed by atoms with van der Waals surface area (Å²) < 4.78 is 11.4. The monoisotopic (exact) mass is 398 g/mol. The number of amides is 1. The number of rotatable bonds is 8. The second-order valence-corrected chi connectivity index (χ2v) is 6.78. The molecule has 0 unspecified atom stereocenters. The third-order valence-electron chi connectivity index (χ3n) is 3.79. The minimum absolute atomic E-state index is 0.0434. The van der Waals surface area contributed by atoms with Crippen molar-refractivity contribution in [2.75, 3.05) is 30.9 Å². The highest BCUT2D eigenvalue weighted by Gasteiger charge is 2.27. The normalized spacial score (nSPS) is 11.1. The number of halogens is 1. The fraction of sp³-hybridized carbons (Fsp3) is 0.471. The van der Waals surface area contributed by atoms with Crippen molar-refractivity contribution in [2.24, 2.45) is 5.92 Å². The number of anilines is 2. The van der Waals surface area contributed by atoms with Crippen LogP contribution >= 0.6 is 11.6 Å². The Morgan fingerprint density at radius 2 is 2.11 bits per heavy atom. The summed E-state index contributed by atoms with van der Waals surface area (Å²) in [7, 11) is 1.53. The number of aromatic amines is 1. The Labute approximate surface area is 160 Å². The zero-order valence-corrected chi connectivity index (χ0v) is 16.2. The molecule has 3 N–H and O–H groups in total. The van der Waals surface area contributed by atoms with E-state index in [9.17, 15) is 14.4 Å². The van der Waals surface area contributed by atoms with Crippen molar-refractivity contribution in [3.05, 3.63) is 44.0 Å². The number of hydrogen-bond donors (Lipinski definition) is 2. The first-order valence-corrected chi connectivity index (χ1v) is 8.82. The maximum Gasteiger partial charge on any atom is 0.330 e. The first kappa shape index (κ1) is 20.8. The van der Waals surface area contributed by atoms with E-state index in [0.717, 1.165) is 0 Å². The predicted octanol–water partition coefficient (Wildman–Crippen LogP) is 1.70. The van der Waals surface area contributed by atoms with E-state index < -0.39 is 17.2 Å². The number of aromatic nitrogens is 2. The van der Waals surface area contributed by atoms with Crippen LogP contribution in [-0.4, -0.2) is 35.7 Å². The summed E-state index contributed by atoms with van der Waals surface area (Å²) in [5.74, 6) is -0.617. The van der Waals surface area contributed by atoms with Crippen LogP contribution in [0.15, 0.2) is 26.1 Å². The Kier molecular flexibility index (Phi) is 6.86. The summed E-state index contributed by atoms with van der Waals surface area (Å²) in [4.78, 5) is 40.9. The second-order valence-electron chi connectivity index (χ2n) is 6.40. The molecule has 0 saturated carbocycles. The van der Waals surface area contributed by atoms with E-state index in [1.807, 2.05) is 13.8 Å². The molecule has 0 bridgehead atoms. The molecule has 27 heavy (non-hydrogen) atoms. The lowest BCUT2D eigenvalue weighted by Gasteiger charge is -2.24. The third-order valence-corrected chi connectivity index (χ3v) is 3.99. The van der Waals surface area contributed by atoms with Gasteiger partial charge < -0.3 is 14.9 Å². The zero-order chi connectivity index (χ0) is 20.1. The zero-order valence-electron chi connectivity index (χ0n) is 15.5. The molecular formula is C17H23ClN4O5. The van der Waals surface area contributed by atoms with Crippen LogP contribution in [0.3, 0.4) is 0 Å². The molecule has 0 aliphatic rings. The maximum absolute atomic E-state index is 12.9. The molecule has 0 aliphatic heterocycles. The van der Waals surface area contributed by atoms with Gasteiger partial charge in [0.15, 0.2) is 16.7 Å². The topological polar surface area (TPSA) is 124 Å². The average Bonchev–Trinajstić information content (AvgIpc) is 3.03. The molecule has 9 nitrogen and oxygen atoms in total. The lowest BCUT2D eigenvalue weighted by atomic mass is 10.2. The van der Waals surface area contributed by atoms with Crippen molar-refractivity contribution in [1.29, 1.82) is 0 Å². The van der Waals surface area contributed by atoms with Crippen LogP contribution in [0.1, 0.15) is 30.8 Å².